The lowest BCUT2D eigenvalue weighted by atomic mass is 9.93. The van der Waals surface area contributed by atoms with Crippen LogP contribution in [0.1, 0.15) is 56.6 Å². The minimum Gasteiger partial charge on any atom is -0.282 e. The van der Waals surface area contributed by atoms with Crippen LogP contribution in [-0.2, 0) is 16.5 Å². The highest BCUT2D eigenvalue weighted by atomic mass is 32.2. The lowest BCUT2D eigenvalue weighted by Gasteiger charge is -2.21. The van der Waals surface area contributed by atoms with Gasteiger partial charge in [-0.3, -0.25) is 4.55 Å². The monoisotopic (exact) mass is 366 g/mol. The molecule has 0 saturated carbocycles. The molecule has 1 aromatic rings. The first-order chi connectivity index (χ1) is 11.1. The van der Waals surface area contributed by atoms with Crippen LogP contribution in [0.3, 0.4) is 0 Å². The summed E-state index contributed by atoms with van der Waals surface area (Å²) in [6, 6.07) is 4.27. The van der Waals surface area contributed by atoms with Crippen LogP contribution in [0.4, 0.5) is 13.2 Å². The van der Waals surface area contributed by atoms with Gasteiger partial charge in [0, 0.05) is 0 Å². The Bertz CT molecular complexity index is 624. The fourth-order valence-electron chi connectivity index (χ4n) is 2.77. The van der Waals surface area contributed by atoms with Crippen LogP contribution in [0.15, 0.2) is 23.1 Å². The second kappa shape index (κ2) is 8.85. The average Bonchev–Trinajstić information content (AvgIpc) is 2.43. The highest BCUT2D eigenvalue weighted by Crippen LogP contribution is 2.34. The van der Waals surface area contributed by atoms with Crippen molar-refractivity contribution in [1.82, 2.24) is 0 Å². The van der Waals surface area contributed by atoms with E-state index in [1.807, 2.05) is 6.92 Å². The van der Waals surface area contributed by atoms with Gasteiger partial charge in [-0.05, 0) is 37.8 Å². The molecule has 0 spiro atoms. The van der Waals surface area contributed by atoms with E-state index in [1.54, 1.807) is 6.92 Å². The molecule has 0 aromatic heterocycles. The normalized spacial score (nSPS) is 13.9. The summed E-state index contributed by atoms with van der Waals surface area (Å²) in [5.74, 6) is -1.45. The fraction of sp³-hybridized carbons (Fsp3) is 0.647. The Balaban J connectivity index is 2.85. The molecule has 0 saturated heterocycles. The van der Waals surface area contributed by atoms with Crippen LogP contribution in [-0.4, -0.2) is 19.1 Å². The zero-order valence-corrected chi connectivity index (χ0v) is 14.9. The Labute approximate surface area is 142 Å². The van der Waals surface area contributed by atoms with Crippen LogP contribution >= 0.6 is 0 Å². The summed E-state index contributed by atoms with van der Waals surface area (Å²) in [6.07, 6.45) is -1.31. The smallest absolute Gasteiger partial charge is 0.282 e. The molecule has 7 heteroatoms. The van der Waals surface area contributed by atoms with E-state index < -0.39 is 22.2 Å². The van der Waals surface area contributed by atoms with Crippen molar-refractivity contribution in [3.8, 4) is 0 Å². The predicted octanol–water partition coefficient (Wildman–Crippen LogP) is 5.32. The van der Waals surface area contributed by atoms with E-state index in [4.69, 9.17) is 0 Å². The summed E-state index contributed by atoms with van der Waals surface area (Å²) < 4.78 is 71.5. The molecule has 0 aliphatic rings. The minimum atomic E-state index is -4.44. The van der Waals surface area contributed by atoms with Crippen molar-refractivity contribution in [2.45, 2.75) is 69.9 Å². The van der Waals surface area contributed by atoms with Gasteiger partial charge in [-0.2, -0.15) is 21.6 Å². The quantitative estimate of drug-likeness (QED) is 0.475. The number of hydrogen-bond donors (Lipinski definition) is 1. The molecule has 3 nitrogen and oxygen atoms in total. The zero-order valence-electron chi connectivity index (χ0n) is 14.1. The van der Waals surface area contributed by atoms with Gasteiger partial charge < -0.3 is 0 Å². The molecule has 24 heavy (non-hydrogen) atoms. The molecular formula is C17H25F3O3S. The Morgan fingerprint density at radius 3 is 2.33 bits per heavy atom. The second-order valence-electron chi connectivity index (χ2n) is 6.21. The van der Waals surface area contributed by atoms with E-state index in [-0.39, 0.29) is 29.7 Å². The highest BCUT2D eigenvalue weighted by Gasteiger charge is 2.38. The van der Waals surface area contributed by atoms with Gasteiger partial charge in [0.2, 0.25) is 0 Å². The SMILES string of the molecule is CCCCCCC(CCc1cc(C)ccc1S(=O)(=O)O)C(F)(F)F. The van der Waals surface area contributed by atoms with Crippen LogP contribution < -0.4 is 0 Å². The maximum absolute atomic E-state index is 13.2. The first-order valence-electron chi connectivity index (χ1n) is 8.19. The van der Waals surface area contributed by atoms with E-state index in [0.29, 0.717) is 6.42 Å². The summed E-state index contributed by atoms with van der Waals surface area (Å²) in [5.41, 5.74) is 0.976. The Hall–Kier alpha value is -1.08. The van der Waals surface area contributed by atoms with Crippen molar-refractivity contribution in [3.05, 3.63) is 29.3 Å². The predicted molar refractivity (Wildman–Crippen MR) is 87.6 cm³/mol. The first kappa shape index (κ1) is 21.0. The van der Waals surface area contributed by atoms with Gasteiger partial charge in [-0.1, -0.05) is 50.3 Å². The number of hydrogen-bond acceptors (Lipinski definition) is 2. The van der Waals surface area contributed by atoms with Crippen molar-refractivity contribution in [2.75, 3.05) is 0 Å². The van der Waals surface area contributed by atoms with Crippen molar-refractivity contribution in [3.63, 3.8) is 0 Å². The molecule has 1 N–H and O–H groups in total. The van der Waals surface area contributed by atoms with Gasteiger partial charge in [0.15, 0.2) is 0 Å². The number of halogens is 3. The summed E-state index contributed by atoms with van der Waals surface area (Å²) >= 11 is 0. The zero-order chi connectivity index (χ0) is 18.4. The summed E-state index contributed by atoms with van der Waals surface area (Å²) in [7, 11) is -4.44. The standard InChI is InChI=1S/C17H25F3O3S/c1-3-4-5-6-7-15(17(18,19)20)10-9-14-12-13(2)8-11-16(14)24(21,22)23/h8,11-12,15H,3-7,9-10H2,1-2H3,(H,21,22,23). The average molecular weight is 366 g/mol. The van der Waals surface area contributed by atoms with E-state index in [9.17, 15) is 26.1 Å². The molecule has 1 aromatic carbocycles. The molecule has 138 valence electrons. The van der Waals surface area contributed by atoms with Gasteiger partial charge in [0.1, 0.15) is 0 Å². The Morgan fingerprint density at radius 1 is 1.12 bits per heavy atom. The van der Waals surface area contributed by atoms with E-state index in [2.05, 4.69) is 0 Å². The number of rotatable bonds is 9. The van der Waals surface area contributed by atoms with Crippen LogP contribution in [0.2, 0.25) is 0 Å². The van der Waals surface area contributed by atoms with Gasteiger partial charge in [0.25, 0.3) is 10.1 Å². The number of unbranched alkanes of at least 4 members (excludes halogenated alkanes) is 3. The fourth-order valence-corrected chi connectivity index (χ4v) is 3.51. The minimum absolute atomic E-state index is 0.0330. The molecule has 1 atom stereocenters. The molecule has 0 bridgehead atoms. The first-order valence-corrected chi connectivity index (χ1v) is 9.63. The summed E-state index contributed by atoms with van der Waals surface area (Å²) in [5, 5.41) is 0. The van der Waals surface area contributed by atoms with Gasteiger partial charge >= 0.3 is 6.18 Å². The van der Waals surface area contributed by atoms with Gasteiger partial charge in [0.05, 0.1) is 10.8 Å². The molecular weight excluding hydrogens is 341 g/mol. The van der Waals surface area contributed by atoms with Crippen molar-refractivity contribution in [1.29, 1.82) is 0 Å². The third-order valence-corrected chi connectivity index (χ3v) is 5.08. The van der Waals surface area contributed by atoms with Crippen molar-refractivity contribution >= 4 is 10.1 Å². The van der Waals surface area contributed by atoms with E-state index in [0.717, 1.165) is 24.8 Å². The van der Waals surface area contributed by atoms with Gasteiger partial charge in [-0.25, -0.2) is 0 Å². The van der Waals surface area contributed by atoms with Gasteiger partial charge in [-0.15, -0.1) is 0 Å². The Morgan fingerprint density at radius 2 is 1.79 bits per heavy atom. The van der Waals surface area contributed by atoms with Crippen LogP contribution in [0.5, 0.6) is 0 Å². The molecule has 0 aliphatic carbocycles. The third kappa shape index (κ3) is 6.81. The molecule has 0 radical (unpaired) electrons. The van der Waals surface area contributed by atoms with Crippen LogP contribution in [0.25, 0.3) is 0 Å². The molecule has 1 unspecified atom stereocenters. The summed E-state index contributed by atoms with van der Waals surface area (Å²) in [6.45, 7) is 3.72. The number of benzene rings is 1. The maximum Gasteiger partial charge on any atom is 0.391 e. The molecule has 0 heterocycles. The maximum atomic E-state index is 13.2. The topological polar surface area (TPSA) is 54.4 Å². The number of aryl methyl sites for hydroxylation is 2. The molecule has 1 rings (SSSR count). The Kier molecular flexibility index (Phi) is 7.73. The number of alkyl halides is 3. The van der Waals surface area contributed by atoms with E-state index >= 15 is 0 Å². The molecule has 0 amide bonds. The highest BCUT2D eigenvalue weighted by molar-refractivity contribution is 7.85. The molecule has 0 fully saturated rings. The third-order valence-electron chi connectivity index (χ3n) is 4.13. The second-order valence-corrected chi connectivity index (χ2v) is 7.60. The van der Waals surface area contributed by atoms with Crippen LogP contribution in [0, 0.1) is 12.8 Å². The van der Waals surface area contributed by atoms with Crippen molar-refractivity contribution in [2.24, 2.45) is 5.92 Å². The van der Waals surface area contributed by atoms with Crippen molar-refractivity contribution < 1.29 is 26.1 Å². The summed E-state index contributed by atoms with van der Waals surface area (Å²) in [4.78, 5) is -0.306. The van der Waals surface area contributed by atoms with E-state index in [1.165, 1.54) is 18.2 Å². The lowest BCUT2D eigenvalue weighted by Crippen LogP contribution is -2.23. The largest absolute Gasteiger partial charge is 0.391 e. The lowest BCUT2D eigenvalue weighted by molar-refractivity contribution is -0.178. The molecule has 0 aliphatic heterocycles.